The Morgan fingerprint density at radius 1 is 1.28 bits per heavy atom. The summed E-state index contributed by atoms with van der Waals surface area (Å²) >= 11 is 0. The van der Waals surface area contributed by atoms with Crippen molar-refractivity contribution in [2.45, 2.75) is 26.8 Å². The lowest BCUT2D eigenvalue weighted by Crippen LogP contribution is -2.10. The first kappa shape index (κ1) is 12.5. The van der Waals surface area contributed by atoms with E-state index in [2.05, 4.69) is 15.3 Å². The van der Waals surface area contributed by atoms with Gasteiger partial charge in [0.2, 0.25) is 0 Å². The first-order chi connectivity index (χ1) is 8.56. The van der Waals surface area contributed by atoms with Crippen molar-refractivity contribution in [2.75, 3.05) is 5.32 Å². The maximum atomic E-state index is 13.2. The number of benzene rings is 1. The van der Waals surface area contributed by atoms with Gasteiger partial charge in [-0.15, -0.1) is 0 Å². The summed E-state index contributed by atoms with van der Waals surface area (Å²) in [5.41, 5.74) is 2.58. The second-order valence-electron chi connectivity index (χ2n) is 4.37. The van der Waals surface area contributed by atoms with Crippen molar-refractivity contribution >= 4 is 5.82 Å². The molecule has 1 aromatic carbocycles. The number of aryl methyl sites for hydroxylation is 2. The van der Waals surface area contributed by atoms with Crippen LogP contribution >= 0.6 is 0 Å². The fourth-order valence-electron chi connectivity index (χ4n) is 1.74. The van der Waals surface area contributed by atoms with Gasteiger partial charge in [0.25, 0.3) is 0 Å². The summed E-state index contributed by atoms with van der Waals surface area (Å²) in [5.74, 6) is 0.514. The fourth-order valence-corrected chi connectivity index (χ4v) is 1.74. The molecule has 0 fully saturated rings. The van der Waals surface area contributed by atoms with Gasteiger partial charge in [0.05, 0.1) is 17.4 Å². The van der Waals surface area contributed by atoms with Crippen molar-refractivity contribution in [1.29, 1.82) is 0 Å². The van der Waals surface area contributed by atoms with Gasteiger partial charge in [-0.05, 0) is 38.5 Å². The molecule has 2 rings (SSSR count). The first-order valence-electron chi connectivity index (χ1n) is 5.88. The molecule has 0 saturated carbocycles. The van der Waals surface area contributed by atoms with Crippen molar-refractivity contribution in [2.24, 2.45) is 0 Å². The Bertz CT molecular complexity index is 554. The zero-order valence-corrected chi connectivity index (χ0v) is 10.7. The van der Waals surface area contributed by atoms with E-state index in [1.807, 2.05) is 26.8 Å². The van der Waals surface area contributed by atoms with Crippen molar-refractivity contribution in [3.63, 3.8) is 0 Å². The van der Waals surface area contributed by atoms with Crippen LogP contribution in [0.15, 0.2) is 30.5 Å². The molecule has 2 aromatic rings. The molecular formula is C14H16FN3. The van der Waals surface area contributed by atoms with Crippen LogP contribution in [-0.2, 0) is 0 Å². The second-order valence-corrected chi connectivity index (χ2v) is 4.37. The zero-order chi connectivity index (χ0) is 13.1. The van der Waals surface area contributed by atoms with E-state index in [9.17, 15) is 4.39 Å². The van der Waals surface area contributed by atoms with Gasteiger partial charge in [-0.2, -0.15) is 0 Å². The Balaban J connectivity index is 2.21. The van der Waals surface area contributed by atoms with Crippen LogP contribution in [0.25, 0.3) is 0 Å². The van der Waals surface area contributed by atoms with Gasteiger partial charge in [0, 0.05) is 6.20 Å². The summed E-state index contributed by atoms with van der Waals surface area (Å²) in [5, 5.41) is 3.25. The van der Waals surface area contributed by atoms with E-state index < -0.39 is 0 Å². The molecule has 0 aliphatic rings. The quantitative estimate of drug-likeness (QED) is 0.900. The molecule has 0 amide bonds. The molecule has 1 atom stereocenters. The topological polar surface area (TPSA) is 37.8 Å². The lowest BCUT2D eigenvalue weighted by molar-refractivity contribution is 0.623. The SMILES string of the molecule is Cc1cnc(C)c(N[C@H](C)c2cccc(F)c2)n1. The van der Waals surface area contributed by atoms with E-state index in [1.54, 1.807) is 12.3 Å². The molecule has 0 aliphatic heterocycles. The molecule has 0 spiro atoms. The highest BCUT2D eigenvalue weighted by Gasteiger charge is 2.09. The Labute approximate surface area is 106 Å². The highest BCUT2D eigenvalue weighted by atomic mass is 19.1. The molecule has 3 nitrogen and oxygen atoms in total. The molecule has 0 saturated heterocycles. The summed E-state index contributed by atoms with van der Waals surface area (Å²) in [4.78, 5) is 8.64. The third kappa shape index (κ3) is 2.83. The molecule has 18 heavy (non-hydrogen) atoms. The number of nitrogens with one attached hydrogen (secondary N) is 1. The summed E-state index contributed by atoms with van der Waals surface area (Å²) in [6, 6.07) is 6.54. The Morgan fingerprint density at radius 3 is 2.78 bits per heavy atom. The minimum atomic E-state index is -0.229. The minimum Gasteiger partial charge on any atom is -0.362 e. The summed E-state index contributed by atoms with van der Waals surface area (Å²) in [6.07, 6.45) is 1.73. The molecular weight excluding hydrogens is 229 g/mol. The van der Waals surface area contributed by atoms with E-state index in [-0.39, 0.29) is 11.9 Å². The van der Waals surface area contributed by atoms with Gasteiger partial charge < -0.3 is 5.32 Å². The normalized spacial score (nSPS) is 12.2. The van der Waals surface area contributed by atoms with Gasteiger partial charge in [0.1, 0.15) is 11.6 Å². The lowest BCUT2D eigenvalue weighted by Gasteiger charge is -2.16. The highest BCUT2D eigenvalue weighted by molar-refractivity contribution is 5.42. The summed E-state index contributed by atoms with van der Waals surface area (Å²) in [6.45, 7) is 5.76. The van der Waals surface area contributed by atoms with E-state index >= 15 is 0 Å². The van der Waals surface area contributed by atoms with Crippen molar-refractivity contribution in [3.8, 4) is 0 Å². The summed E-state index contributed by atoms with van der Waals surface area (Å²) < 4.78 is 13.2. The number of nitrogens with zero attached hydrogens (tertiary/aromatic N) is 2. The van der Waals surface area contributed by atoms with Gasteiger partial charge in [-0.1, -0.05) is 12.1 Å². The summed E-state index contributed by atoms with van der Waals surface area (Å²) in [7, 11) is 0. The molecule has 0 unspecified atom stereocenters. The third-order valence-electron chi connectivity index (χ3n) is 2.78. The predicted octanol–water partition coefficient (Wildman–Crippen LogP) is 3.41. The number of aromatic nitrogens is 2. The lowest BCUT2D eigenvalue weighted by atomic mass is 10.1. The Kier molecular flexibility index (Phi) is 3.55. The Morgan fingerprint density at radius 2 is 2.06 bits per heavy atom. The molecule has 0 radical (unpaired) electrons. The fraction of sp³-hybridized carbons (Fsp3) is 0.286. The third-order valence-corrected chi connectivity index (χ3v) is 2.78. The van der Waals surface area contributed by atoms with Crippen LogP contribution in [-0.4, -0.2) is 9.97 Å². The number of anilines is 1. The van der Waals surface area contributed by atoms with Gasteiger partial charge in [0.15, 0.2) is 0 Å². The van der Waals surface area contributed by atoms with Crippen LogP contribution in [0.1, 0.15) is 29.9 Å². The monoisotopic (exact) mass is 245 g/mol. The first-order valence-corrected chi connectivity index (χ1v) is 5.88. The average Bonchev–Trinajstić information content (AvgIpc) is 2.34. The van der Waals surface area contributed by atoms with Crippen LogP contribution in [0.2, 0.25) is 0 Å². The number of hydrogen-bond donors (Lipinski definition) is 1. The molecule has 1 aromatic heterocycles. The average molecular weight is 245 g/mol. The second kappa shape index (κ2) is 5.12. The van der Waals surface area contributed by atoms with Crippen LogP contribution in [0.5, 0.6) is 0 Å². The highest BCUT2D eigenvalue weighted by Crippen LogP contribution is 2.20. The predicted molar refractivity (Wildman–Crippen MR) is 69.9 cm³/mol. The molecule has 1 heterocycles. The van der Waals surface area contributed by atoms with Crippen LogP contribution in [0, 0.1) is 19.7 Å². The number of hydrogen-bond acceptors (Lipinski definition) is 3. The number of rotatable bonds is 3. The van der Waals surface area contributed by atoms with E-state index in [4.69, 9.17) is 0 Å². The minimum absolute atomic E-state index is 0.0181. The molecule has 4 heteroatoms. The number of halogens is 1. The Hall–Kier alpha value is -1.97. The maximum Gasteiger partial charge on any atom is 0.148 e. The van der Waals surface area contributed by atoms with Crippen LogP contribution in [0.3, 0.4) is 0 Å². The van der Waals surface area contributed by atoms with Gasteiger partial charge >= 0.3 is 0 Å². The van der Waals surface area contributed by atoms with Crippen LogP contribution in [0.4, 0.5) is 10.2 Å². The largest absolute Gasteiger partial charge is 0.362 e. The van der Waals surface area contributed by atoms with Crippen LogP contribution < -0.4 is 5.32 Å². The van der Waals surface area contributed by atoms with E-state index in [0.717, 1.165) is 22.8 Å². The molecule has 0 aliphatic carbocycles. The molecule has 1 N–H and O–H groups in total. The van der Waals surface area contributed by atoms with Gasteiger partial charge in [-0.3, -0.25) is 4.98 Å². The molecule has 94 valence electrons. The van der Waals surface area contributed by atoms with E-state index in [0.29, 0.717) is 0 Å². The van der Waals surface area contributed by atoms with Crippen molar-refractivity contribution in [1.82, 2.24) is 9.97 Å². The zero-order valence-electron chi connectivity index (χ0n) is 10.7. The van der Waals surface area contributed by atoms with Crippen molar-refractivity contribution in [3.05, 3.63) is 53.2 Å². The van der Waals surface area contributed by atoms with Crippen molar-refractivity contribution < 1.29 is 4.39 Å². The molecule has 0 bridgehead atoms. The van der Waals surface area contributed by atoms with Gasteiger partial charge in [-0.25, -0.2) is 9.37 Å². The standard InChI is InChI=1S/C14H16FN3/c1-9-8-16-11(3)14(17-9)18-10(2)12-5-4-6-13(15)7-12/h4-8,10H,1-3H3,(H,17,18)/t10-/m1/s1. The maximum absolute atomic E-state index is 13.2. The smallest absolute Gasteiger partial charge is 0.148 e. The van der Waals surface area contributed by atoms with E-state index in [1.165, 1.54) is 12.1 Å².